The lowest BCUT2D eigenvalue weighted by Gasteiger charge is -2.35. The Bertz CT molecular complexity index is 1480. The molecule has 3 aromatic carbocycles. The molecule has 0 spiro atoms. The Morgan fingerprint density at radius 1 is 0.919 bits per heavy atom. The number of hydrogen-bond acceptors (Lipinski definition) is 4. The Morgan fingerprint density at radius 2 is 1.68 bits per heavy atom. The number of nitrogens with zero attached hydrogens (tertiary/aromatic N) is 3. The summed E-state index contributed by atoms with van der Waals surface area (Å²) in [6, 6.07) is 22.1. The van der Waals surface area contributed by atoms with E-state index in [2.05, 4.69) is 73.7 Å². The second-order valence-electron chi connectivity index (χ2n) is 9.77. The molecule has 1 aromatic heterocycles. The van der Waals surface area contributed by atoms with Crippen molar-refractivity contribution in [2.24, 2.45) is 0 Å². The third-order valence-electron chi connectivity index (χ3n) is 7.17. The van der Waals surface area contributed by atoms with Crippen LogP contribution in [0, 0.1) is 20.8 Å². The van der Waals surface area contributed by atoms with E-state index in [-0.39, 0.29) is 6.03 Å². The monoisotopic (exact) mass is 492 g/mol. The SMILES string of the molecule is CCc1ccc(CN2C(=O)NC(c3ccc(C)c(C)c3)C(c3nc(-c4cccc(C)c4)no3)=C2C)cc1. The van der Waals surface area contributed by atoms with Gasteiger partial charge in [-0.25, -0.2) is 4.79 Å². The molecule has 37 heavy (non-hydrogen) atoms. The van der Waals surface area contributed by atoms with Gasteiger partial charge in [0.15, 0.2) is 0 Å². The van der Waals surface area contributed by atoms with Gasteiger partial charge in [0, 0.05) is 11.3 Å². The van der Waals surface area contributed by atoms with Gasteiger partial charge in [-0.05, 0) is 68.0 Å². The predicted octanol–water partition coefficient (Wildman–Crippen LogP) is 6.92. The molecule has 2 heterocycles. The number of benzene rings is 3. The minimum absolute atomic E-state index is 0.150. The molecule has 4 aromatic rings. The van der Waals surface area contributed by atoms with Gasteiger partial charge in [-0.3, -0.25) is 4.90 Å². The van der Waals surface area contributed by atoms with E-state index in [1.165, 1.54) is 11.1 Å². The molecule has 0 bridgehead atoms. The molecule has 1 aliphatic heterocycles. The fraction of sp³-hybridized carbons (Fsp3) is 0.258. The van der Waals surface area contributed by atoms with E-state index in [4.69, 9.17) is 9.51 Å². The number of aryl methyl sites for hydroxylation is 4. The molecule has 1 N–H and O–H groups in total. The van der Waals surface area contributed by atoms with Gasteiger partial charge in [0.1, 0.15) is 0 Å². The van der Waals surface area contributed by atoms with Crippen molar-refractivity contribution >= 4 is 11.6 Å². The van der Waals surface area contributed by atoms with Crippen molar-refractivity contribution in [3.63, 3.8) is 0 Å². The number of nitrogens with one attached hydrogen (secondary N) is 1. The summed E-state index contributed by atoms with van der Waals surface area (Å²) in [6.45, 7) is 10.7. The molecule has 6 heteroatoms. The lowest BCUT2D eigenvalue weighted by molar-refractivity contribution is 0.203. The number of aromatic nitrogens is 2. The zero-order chi connectivity index (χ0) is 26.1. The van der Waals surface area contributed by atoms with Crippen LogP contribution in [0.4, 0.5) is 4.79 Å². The molecular weight excluding hydrogens is 460 g/mol. The molecule has 0 aliphatic carbocycles. The van der Waals surface area contributed by atoms with Crippen LogP contribution in [0.1, 0.15) is 59.2 Å². The van der Waals surface area contributed by atoms with E-state index in [1.807, 2.05) is 38.1 Å². The normalized spacial score (nSPS) is 15.8. The Balaban J connectivity index is 1.59. The summed E-state index contributed by atoms with van der Waals surface area (Å²) >= 11 is 0. The average Bonchev–Trinajstić information content (AvgIpc) is 3.38. The smallest absolute Gasteiger partial charge is 0.322 e. The van der Waals surface area contributed by atoms with Crippen LogP contribution in [0.5, 0.6) is 0 Å². The highest BCUT2D eigenvalue weighted by atomic mass is 16.5. The molecule has 0 fully saturated rings. The fourth-order valence-electron chi connectivity index (χ4n) is 4.74. The maximum absolute atomic E-state index is 13.4. The van der Waals surface area contributed by atoms with Crippen LogP contribution in [-0.2, 0) is 13.0 Å². The van der Waals surface area contributed by atoms with Gasteiger partial charge in [0.05, 0.1) is 18.2 Å². The number of hydrogen-bond donors (Lipinski definition) is 1. The van der Waals surface area contributed by atoms with E-state index < -0.39 is 6.04 Å². The largest absolute Gasteiger partial charge is 0.334 e. The molecule has 0 saturated heterocycles. The van der Waals surface area contributed by atoms with Gasteiger partial charge in [-0.1, -0.05) is 78.3 Å². The molecule has 1 unspecified atom stereocenters. The summed E-state index contributed by atoms with van der Waals surface area (Å²) in [6.07, 6.45) is 0.978. The Labute approximate surface area is 218 Å². The van der Waals surface area contributed by atoms with Crippen molar-refractivity contribution in [3.05, 3.63) is 112 Å². The molecule has 0 saturated carbocycles. The highest BCUT2D eigenvalue weighted by Crippen LogP contribution is 2.38. The van der Waals surface area contributed by atoms with Crippen molar-refractivity contribution in [1.29, 1.82) is 0 Å². The number of carbonyl (C=O) groups is 1. The van der Waals surface area contributed by atoms with E-state index in [9.17, 15) is 4.79 Å². The van der Waals surface area contributed by atoms with Crippen molar-refractivity contribution < 1.29 is 9.32 Å². The minimum Gasteiger partial charge on any atom is -0.334 e. The molecular formula is C31H32N4O2. The van der Waals surface area contributed by atoms with Crippen LogP contribution in [0.25, 0.3) is 17.0 Å². The van der Waals surface area contributed by atoms with Gasteiger partial charge in [0.25, 0.3) is 5.89 Å². The first kappa shape index (κ1) is 24.5. The Hall–Kier alpha value is -4.19. The second kappa shape index (κ2) is 10.1. The quantitative estimate of drug-likeness (QED) is 0.317. The molecule has 6 nitrogen and oxygen atoms in total. The zero-order valence-electron chi connectivity index (χ0n) is 22.0. The Kier molecular flexibility index (Phi) is 6.66. The molecule has 5 rings (SSSR count). The van der Waals surface area contributed by atoms with Crippen molar-refractivity contribution in [3.8, 4) is 11.4 Å². The summed E-state index contributed by atoms with van der Waals surface area (Å²) in [5.74, 6) is 0.931. The number of urea groups is 1. The van der Waals surface area contributed by atoms with Crippen LogP contribution in [0.2, 0.25) is 0 Å². The molecule has 188 valence electrons. The van der Waals surface area contributed by atoms with Crippen molar-refractivity contribution in [1.82, 2.24) is 20.4 Å². The van der Waals surface area contributed by atoms with E-state index in [1.54, 1.807) is 4.90 Å². The summed E-state index contributed by atoms with van der Waals surface area (Å²) in [5.41, 5.74) is 9.28. The van der Waals surface area contributed by atoms with Crippen LogP contribution >= 0.6 is 0 Å². The van der Waals surface area contributed by atoms with Crippen molar-refractivity contribution in [2.75, 3.05) is 0 Å². The van der Waals surface area contributed by atoms with Gasteiger partial charge < -0.3 is 9.84 Å². The van der Waals surface area contributed by atoms with Gasteiger partial charge in [-0.2, -0.15) is 4.98 Å². The van der Waals surface area contributed by atoms with Gasteiger partial charge in [-0.15, -0.1) is 0 Å². The number of rotatable bonds is 6. The molecule has 2 amide bonds. The van der Waals surface area contributed by atoms with Crippen LogP contribution in [0.15, 0.2) is 77.0 Å². The standard InChI is InChI=1S/C31H32N4O2/c1-6-23-11-13-24(14-12-23)18-35-22(5)27(28(32-31(35)36)25-15-10-20(3)21(4)17-25)30-33-29(34-37-30)26-9-7-8-19(2)16-26/h7-17,28H,6,18H2,1-5H3,(H,32,36). The van der Waals surface area contributed by atoms with Gasteiger partial charge in [0.2, 0.25) is 5.82 Å². The third kappa shape index (κ3) is 4.92. The van der Waals surface area contributed by atoms with Crippen LogP contribution in [0.3, 0.4) is 0 Å². The minimum atomic E-state index is -0.406. The van der Waals surface area contributed by atoms with Crippen molar-refractivity contribution in [2.45, 2.75) is 53.6 Å². The van der Waals surface area contributed by atoms with E-state index in [0.29, 0.717) is 18.3 Å². The summed E-state index contributed by atoms with van der Waals surface area (Å²) in [7, 11) is 0. The zero-order valence-corrected chi connectivity index (χ0v) is 22.0. The van der Waals surface area contributed by atoms with E-state index >= 15 is 0 Å². The summed E-state index contributed by atoms with van der Waals surface area (Å²) in [5, 5.41) is 7.50. The first-order valence-electron chi connectivity index (χ1n) is 12.7. The molecule has 0 radical (unpaired) electrons. The van der Waals surface area contributed by atoms with E-state index in [0.717, 1.165) is 45.5 Å². The van der Waals surface area contributed by atoms with Crippen LogP contribution < -0.4 is 5.32 Å². The number of carbonyl (C=O) groups excluding carboxylic acids is 1. The maximum Gasteiger partial charge on any atom is 0.322 e. The first-order valence-corrected chi connectivity index (χ1v) is 12.7. The highest BCUT2D eigenvalue weighted by Gasteiger charge is 2.36. The van der Waals surface area contributed by atoms with Crippen LogP contribution in [-0.4, -0.2) is 21.1 Å². The highest BCUT2D eigenvalue weighted by molar-refractivity contribution is 5.87. The fourth-order valence-corrected chi connectivity index (χ4v) is 4.74. The van der Waals surface area contributed by atoms with Gasteiger partial charge >= 0.3 is 6.03 Å². The molecule has 1 aliphatic rings. The lowest BCUT2D eigenvalue weighted by atomic mass is 9.92. The Morgan fingerprint density at radius 3 is 2.38 bits per heavy atom. The number of amides is 2. The first-order chi connectivity index (χ1) is 17.8. The third-order valence-corrected chi connectivity index (χ3v) is 7.17. The summed E-state index contributed by atoms with van der Waals surface area (Å²) < 4.78 is 5.84. The second-order valence-corrected chi connectivity index (χ2v) is 9.77. The average molecular weight is 493 g/mol. The predicted molar refractivity (Wildman–Crippen MR) is 146 cm³/mol. The lowest BCUT2D eigenvalue weighted by Crippen LogP contribution is -2.45. The number of allylic oxidation sites excluding steroid dienone is 1. The topological polar surface area (TPSA) is 71.3 Å². The summed E-state index contributed by atoms with van der Waals surface area (Å²) in [4.78, 5) is 20.0. The molecule has 1 atom stereocenters. The maximum atomic E-state index is 13.4.